The van der Waals surface area contributed by atoms with Gasteiger partial charge < -0.3 is 15.1 Å². The zero-order chi connectivity index (χ0) is 20.1. The van der Waals surface area contributed by atoms with E-state index in [2.05, 4.69) is 10.6 Å². The van der Waals surface area contributed by atoms with E-state index in [9.17, 15) is 9.59 Å². The van der Waals surface area contributed by atoms with Crippen LogP contribution in [0, 0.1) is 0 Å². The van der Waals surface area contributed by atoms with Gasteiger partial charge in [0.25, 0.3) is 5.91 Å². The highest BCUT2D eigenvalue weighted by molar-refractivity contribution is 6.02. The Morgan fingerprint density at radius 1 is 0.828 bits per heavy atom. The van der Waals surface area contributed by atoms with E-state index in [-0.39, 0.29) is 17.6 Å². The molecular weight excluding hydrogens is 364 g/mol. The minimum atomic E-state index is -0.300. The standard InChI is InChI=1S/C24H20N2O3/c27-23(15-19-7-3-6-18-5-1-2-8-21(18)19)25-16-17-10-12-20(13-11-17)26-24(28)22-9-4-14-29-22/h1-14H,15-16H2,(H,25,27)(H,26,28). The molecule has 0 aliphatic carbocycles. The SMILES string of the molecule is O=C(Cc1cccc2ccccc12)NCc1ccc(NC(=O)c2ccco2)cc1. The molecule has 2 N–H and O–H groups in total. The molecule has 5 nitrogen and oxygen atoms in total. The number of hydrogen-bond acceptors (Lipinski definition) is 3. The molecule has 0 bridgehead atoms. The Hall–Kier alpha value is -3.86. The second kappa shape index (κ2) is 8.44. The molecule has 2 amide bonds. The molecule has 0 saturated heterocycles. The molecule has 0 aliphatic rings. The molecule has 4 aromatic rings. The van der Waals surface area contributed by atoms with Crippen molar-refractivity contribution >= 4 is 28.3 Å². The van der Waals surface area contributed by atoms with Crippen LogP contribution in [0.25, 0.3) is 10.8 Å². The average Bonchev–Trinajstić information content (AvgIpc) is 3.29. The Kier molecular flexibility index (Phi) is 5.38. The van der Waals surface area contributed by atoms with E-state index in [0.717, 1.165) is 21.9 Å². The average molecular weight is 384 g/mol. The highest BCUT2D eigenvalue weighted by atomic mass is 16.3. The molecule has 4 rings (SSSR count). The highest BCUT2D eigenvalue weighted by Crippen LogP contribution is 2.19. The predicted octanol–water partition coefficient (Wildman–Crippen LogP) is 4.54. The van der Waals surface area contributed by atoms with Crippen LogP contribution in [-0.2, 0) is 17.8 Å². The zero-order valence-electron chi connectivity index (χ0n) is 15.7. The van der Waals surface area contributed by atoms with Gasteiger partial charge in [-0.05, 0) is 46.2 Å². The van der Waals surface area contributed by atoms with Crippen LogP contribution in [-0.4, -0.2) is 11.8 Å². The lowest BCUT2D eigenvalue weighted by atomic mass is 10.0. The number of rotatable bonds is 6. The quantitative estimate of drug-likeness (QED) is 0.512. The molecule has 0 radical (unpaired) electrons. The summed E-state index contributed by atoms with van der Waals surface area (Å²) >= 11 is 0. The topological polar surface area (TPSA) is 71.3 Å². The van der Waals surface area contributed by atoms with Crippen molar-refractivity contribution < 1.29 is 14.0 Å². The van der Waals surface area contributed by atoms with E-state index in [1.54, 1.807) is 24.3 Å². The second-order valence-electron chi connectivity index (χ2n) is 6.72. The summed E-state index contributed by atoms with van der Waals surface area (Å²) in [6, 6.07) is 24.7. The van der Waals surface area contributed by atoms with Crippen molar-refractivity contribution in [3.05, 3.63) is 102 Å². The van der Waals surface area contributed by atoms with Crippen LogP contribution >= 0.6 is 0 Å². The normalized spacial score (nSPS) is 10.6. The summed E-state index contributed by atoms with van der Waals surface area (Å²) in [6.45, 7) is 0.427. The van der Waals surface area contributed by atoms with Crippen LogP contribution in [0.4, 0.5) is 5.69 Å². The largest absolute Gasteiger partial charge is 0.459 e. The number of nitrogens with one attached hydrogen (secondary N) is 2. The molecule has 144 valence electrons. The number of furan rings is 1. The van der Waals surface area contributed by atoms with Gasteiger partial charge in [-0.25, -0.2) is 0 Å². The van der Waals surface area contributed by atoms with E-state index >= 15 is 0 Å². The molecular formula is C24H20N2O3. The van der Waals surface area contributed by atoms with Crippen LogP contribution in [0.15, 0.2) is 89.5 Å². The maximum Gasteiger partial charge on any atom is 0.291 e. The maximum absolute atomic E-state index is 12.4. The summed E-state index contributed by atoms with van der Waals surface area (Å²) in [5, 5.41) is 7.95. The van der Waals surface area contributed by atoms with Crippen LogP contribution < -0.4 is 10.6 Å². The van der Waals surface area contributed by atoms with Crippen LogP contribution in [0.1, 0.15) is 21.7 Å². The number of anilines is 1. The van der Waals surface area contributed by atoms with Crippen LogP contribution in [0.5, 0.6) is 0 Å². The Labute approximate surface area is 168 Å². The lowest BCUT2D eigenvalue weighted by Crippen LogP contribution is -2.24. The first-order valence-corrected chi connectivity index (χ1v) is 9.36. The van der Waals surface area contributed by atoms with Crippen molar-refractivity contribution in [1.29, 1.82) is 0 Å². The Balaban J connectivity index is 1.33. The van der Waals surface area contributed by atoms with Gasteiger partial charge in [0.15, 0.2) is 5.76 Å². The third kappa shape index (κ3) is 4.52. The second-order valence-corrected chi connectivity index (χ2v) is 6.72. The van der Waals surface area contributed by atoms with Gasteiger partial charge >= 0.3 is 0 Å². The first kappa shape index (κ1) is 18.5. The van der Waals surface area contributed by atoms with Gasteiger partial charge in [0.2, 0.25) is 5.91 Å². The molecule has 3 aromatic carbocycles. The van der Waals surface area contributed by atoms with E-state index < -0.39 is 0 Å². The van der Waals surface area contributed by atoms with Gasteiger partial charge in [-0.1, -0.05) is 54.6 Å². The molecule has 29 heavy (non-hydrogen) atoms. The third-order valence-electron chi connectivity index (χ3n) is 4.68. The van der Waals surface area contributed by atoms with Crippen molar-refractivity contribution in [3.8, 4) is 0 Å². The predicted molar refractivity (Wildman–Crippen MR) is 113 cm³/mol. The summed E-state index contributed by atoms with van der Waals surface area (Å²) < 4.78 is 5.07. The Bertz CT molecular complexity index is 1130. The Morgan fingerprint density at radius 2 is 1.62 bits per heavy atom. The molecule has 1 aromatic heterocycles. The first-order valence-electron chi connectivity index (χ1n) is 9.36. The lowest BCUT2D eigenvalue weighted by molar-refractivity contribution is -0.120. The molecule has 0 fully saturated rings. The monoisotopic (exact) mass is 384 g/mol. The lowest BCUT2D eigenvalue weighted by Gasteiger charge is -2.09. The summed E-state index contributed by atoms with van der Waals surface area (Å²) in [5.74, 6) is -0.0718. The first-order chi connectivity index (χ1) is 14.2. The van der Waals surface area contributed by atoms with Crippen LogP contribution in [0.3, 0.4) is 0 Å². The van der Waals surface area contributed by atoms with Gasteiger partial charge in [0, 0.05) is 12.2 Å². The summed E-state index contributed by atoms with van der Waals surface area (Å²) in [6.07, 6.45) is 1.79. The number of benzene rings is 3. The number of carbonyl (C=O) groups is 2. The van der Waals surface area contributed by atoms with Gasteiger partial charge in [0.05, 0.1) is 12.7 Å². The fourth-order valence-electron chi connectivity index (χ4n) is 3.19. The minimum absolute atomic E-state index is 0.0310. The molecule has 0 aliphatic heterocycles. The molecule has 0 atom stereocenters. The maximum atomic E-state index is 12.4. The van der Waals surface area contributed by atoms with Crippen molar-refractivity contribution in [2.45, 2.75) is 13.0 Å². The van der Waals surface area contributed by atoms with Gasteiger partial charge in [-0.3, -0.25) is 9.59 Å². The summed E-state index contributed by atoms with van der Waals surface area (Å²) in [7, 11) is 0. The number of amides is 2. The summed E-state index contributed by atoms with van der Waals surface area (Å²) in [4.78, 5) is 24.4. The molecule has 1 heterocycles. The minimum Gasteiger partial charge on any atom is -0.459 e. The molecule has 0 saturated carbocycles. The van der Waals surface area contributed by atoms with Crippen molar-refractivity contribution in [1.82, 2.24) is 5.32 Å². The molecule has 0 unspecified atom stereocenters. The van der Waals surface area contributed by atoms with Gasteiger partial charge in [-0.15, -0.1) is 0 Å². The highest BCUT2D eigenvalue weighted by Gasteiger charge is 2.09. The van der Waals surface area contributed by atoms with Gasteiger partial charge in [0.1, 0.15) is 0 Å². The van der Waals surface area contributed by atoms with E-state index in [1.165, 1.54) is 6.26 Å². The van der Waals surface area contributed by atoms with E-state index in [1.807, 2.05) is 54.6 Å². The fraction of sp³-hybridized carbons (Fsp3) is 0.0833. The van der Waals surface area contributed by atoms with E-state index in [0.29, 0.717) is 18.7 Å². The number of carbonyl (C=O) groups excluding carboxylic acids is 2. The number of fused-ring (bicyclic) bond motifs is 1. The van der Waals surface area contributed by atoms with Crippen molar-refractivity contribution in [2.75, 3.05) is 5.32 Å². The third-order valence-corrected chi connectivity index (χ3v) is 4.68. The molecule has 5 heteroatoms. The van der Waals surface area contributed by atoms with E-state index in [4.69, 9.17) is 4.42 Å². The van der Waals surface area contributed by atoms with Crippen molar-refractivity contribution in [3.63, 3.8) is 0 Å². The fourth-order valence-corrected chi connectivity index (χ4v) is 3.19. The van der Waals surface area contributed by atoms with Gasteiger partial charge in [-0.2, -0.15) is 0 Å². The van der Waals surface area contributed by atoms with Crippen molar-refractivity contribution in [2.24, 2.45) is 0 Å². The smallest absolute Gasteiger partial charge is 0.291 e. The zero-order valence-corrected chi connectivity index (χ0v) is 15.7. The molecule has 0 spiro atoms. The number of hydrogen-bond donors (Lipinski definition) is 2. The Morgan fingerprint density at radius 3 is 2.41 bits per heavy atom. The van der Waals surface area contributed by atoms with Crippen LogP contribution in [0.2, 0.25) is 0 Å². The summed E-state index contributed by atoms with van der Waals surface area (Å²) in [5.41, 5.74) is 2.63.